The largest absolute Gasteiger partial charge is 0.381 e. The van der Waals surface area contributed by atoms with Crippen molar-refractivity contribution >= 4 is 52.3 Å². The van der Waals surface area contributed by atoms with Crippen molar-refractivity contribution in [2.24, 2.45) is 32.7 Å². The summed E-state index contributed by atoms with van der Waals surface area (Å²) in [6.45, 7) is -74.0. The van der Waals surface area contributed by atoms with Gasteiger partial charge in [0.1, 0.15) is 52.4 Å². The van der Waals surface area contributed by atoms with Gasteiger partial charge in [-0.05, 0) is 291 Å². The molecule has 3 amide bonds. The molecule has 9 aromatic carbocycles. The number of hydrogen-bond donors (Lipinski definition) is 3. The standard InChI is InChI=1S/3C33H36F2N4O2/c3*1-38-8-10-39(11-9-38)29-4-5-30(26(19-29)15-22-6-12-41-13-7-22)33(40)37-32-31-18-23(2-3-25(31)21-36-32)14-24-16-27(34)20-28(35)17-24/h3*2-5,16-20,22H,6-15,21H2,1H3,(H,36,37,40)/i1D3,2D,3D,4D,5D,8D2,9D2,10D2,11D2,12D2,13D2,14D2,18D,19D,20D;1D3,2D,3D,4D,8D2,9D2,10D2,11D2,12D2,13D2,14D2,18D,19D,20D;1D3,8D2,9D2,10D2,11D2,12D2,13D2. The van der Waals surface area contributed by atoms with Crippen molar-refractivity contribution < 1.29 is 140 Å². The maximum absolute atomic E-state index is 14.5. The first-order valence-electron chi connectivity index (χ1n) is 68.3. The van der Waals surface area contributed by atoms with Gasteiger partial charge in [-0.25, -0.2) is 26.3 Å². The van der Waals surface area contributed by atoms with Gasteiger partial charge in [0.15, 0.2) is 0 Å². The number of likely N-dealkylation sites (N-methyl/N-ethyl adjacent to an activating group) is 3. The number of nitrogens with one attached hydrogen (secondary N) is 3. The van der Waals surface area contributed by atoms with Gasteiger partial charge in [-0.3, -0.25) is 29.4 Å². The third-order valence-electron chi connectivity index (χ3n) is 19.2. The van der Waals surface area contributed by atoms with Crippen LogP contribution in [0.4, 0.5) is 43.4 Å². The summed E-state index contributed by atoms with van der Waals surface area (Å²) in [4.78, 5) is 53.4. The molecule has 0 bridgehead atoms. The maximum atomic E-state index is 14.5. The molecule has 6 saturated heterocycles. The van der Waals surface area contributed by atoms with Gasteiger partial charge < -0.3 is 59.6 Å². The Bertz CT molecular complexity index is 8480. The molecule has 0 saturated carbocycles. The molecule has 0 unspecified atom stereocenters. The number of aliphatic imine (C=N–C) groups is 3. The van der Waals surface area contributed by atoms with Gasteiger partial charge in [-0.2, -0.15) is 0 Å². The number of anilines is 3. The molecule has 9 aliphatic rings. The molecule has 18 rings (SSSR count). The zero-order valence-corrected chi connectivity index (χ0v) is 63.7. The number of carbonyl (C=O) groups is 3. The molecule has 0 aliphatic carbocycles. The predicted molar refractivity (Wildman–Crippen MR) is 470 cm³/mol. The SMILES string of the molecule is [2H]C1([2H])CC(Cc2cc(N3C([2H])([2H])C([2H])([2H])N(C([2H])([2H])[2H])C([2H])([2H])C3([2H])[2H])ccc2C(=O)NC2=NCc3ccc(Cc4cc(F)cc(F)c4)cc32)CC([2H])([2H])O1.[2H]c1c(F)cc(C([2H])([2H])c2c([2H])c([2H])c3c(c2[2H])C(NC(=O)c2c([2H])c([2H])c(N4C([2H])([2H])C([2H])([2H])N(C([2H])([2H])[2H])C([2H])([2H])C4([2H])[2H])c([2H])c2CC2CC([2H])([2H])OC([2H])([2H])C2)=NC3)cc1F.[2H]c1cc(C(=O)NC2=NCc3c([2H])c([2H])c(C([2H])([2H])c4cc(F)c([2H])c(F)c4)c([2H])c32)c(CC2CC([2H])([2H])OC([2H])([2H])C2)c([2H])c1N1C([2H])([2H])C([2H])([2H])N(C([2H])([2H])[2H])C([2H])([2H])C1([2H])[2H]. The molecule has 642 valence electrons. The Kier molecular flexibility index (Phi) is 12.5. The van der Waals surface area contributed by atoms with E-state index >= 15 is 0 Å². The van der Waals surface area contributed by atoms with E-state index in [1.54, 1.807) is 18.2 Å². The molecule has 0 atom stereocenters. The summed E-state index contributed by atoms with van der Waals surface area (Å²) in [6, 6.07) is 0.429. The van der Waals surface area contributed by atoms with Crippen molar-refractivity contribution in [2.75, 3.05) is 153 Å². The van der Waals surface area contributed by atoms with E-state index in [0.717, 1.165) is 29.8 Å². The van der Waals surface area contributed by atoms with E-state index < -0.39 is 451 Å². The first kappa shape index (κ1) is 38.7. The van der Waals surface area contributed by atoms with Gasteiger partial charge >= 0.3 is 0 Å². The van der Waals surface area contributed by atoms with Crippen LogP contribution in [0.2, 0.25) is 0 Å². The van der Waals surface area contributed by atoms with E-state index in [1.165, 1.54) is 12.1 Å². The van der Waals surface area contributed by atoms with Gasteiger partial charge in [0.05, 0.1) is 70.4 Å². The van der Waals surface area contributed by atoms with Gasteiger partial charge in [-0.1, -0.05) is 36.3 Å². The highest BCUT2D eigenvalue weighted by Crippen LogP contribution is 2.34. The van der Waals surface area contributed by atoms with E-state index in [4.69, 9.17) is 96.5 Å². The van der Waals surface area contributed by atoms with Gasteiger partial charge in [-0.15, -0.1) is 0 Å². The number of halogens is 6. The molecule has 24 heteroatoms. The zero-order valence-electron chi connectivity index (χ0n) is 126. The van der Waals surface area contributed by atoms with Crippen molar-refractivity contribution in [2.45, 2.75) is 96.6 Å². The monoisotopic (exact) mass is 1740 g/mol. The summed E-state index contributed by atoms with van der Waals surface area (Å²) in [5.41, 5.74) is -8.77. The summed E-state index contributed by atoms with van der Waals surface area (Å²) in [5, 5.41) is 7.27. The van der Waals surface area contributed by atoms with Crippen LogP contribution in [0, 0.1) is 52.7 Å². The minimum atomic E-state index is -4.02. The first-order chi connectivity index (χ1) is 83.7. The second-order valence-corrected chi connectivity index (χ2v) is 27.9. The van der Waals surface area contributed by atoms with Crippen LogP contribution in [0.3, 0.4) is 0 Å². The quantitative estimate of drug-likeness (QED) is 0.0696. The van der Waals surface area contributed by atoms with Gasteiger partial charge in [0.2, 0.25) is 0 Å². The highest BCUT2D eigenvalue weighted by Gasteiger charge is 2.31. The molecule has 18 nitrogen and oxygen atoms in total. The first-order valence-corrected chi connectivity index (χ1v) is 37.3. The molecule has 3 N–H and O–H groups in total. The number of carbonyl (C=O) groups excluding carboxylic acids is 3. The smallest absolute Gasteiger partial charge is 0.257 e. The maximum Gasteiger partial charge on any atom is 0.257 e. The fourth-order valence-electron chi connectivity index (χ4n) is 13.4. The molecule has 9 aliphatic heterocycles. The van der Waals surface area contributed by atoms with Crippen molar-refractivity contribution in [3.05, 3.63) is 299 Å². The molecular weight excluding hydrogens is 1570 g/mol. The van der Waals surface area contributed by atoms with E-state index in [1.807, 2.05) is 0 Å². The molecule has 0 radical (unpaired) electrons. The number of nitrogens with zero attached hydrogens (tertiary/aromatic N) is 9. The fraction of sp³-hybridized carbons (Fsp3) is 0.394. The Balaban J connectivity index is 0.000000191. The number of hydrogen-bond acceptors (Lipinski definition) is 15. The topological polar surface area (TPSA) is 172 Å². The van der Waals surface area contributed by atoms with Crippen LogP contribution in [-0.2, 0) is 72.3 Å². The normalized spacial score (nSPS) is 33.1. The Labute approximate surface area is 803 Å². The summed E-state index contributed by atoms with van der Waals surface area (Å²) < 4.78 is 623. The lowest BCUT2D eigenvalue weighted by Crippen LogP contribution is -2.44. The van der Waals surface area contributed by atoms with Gasteiger partial charge in [0, 0.05) is 220 Å². The van der Waals surface area contributed by atoms with Crippen LogP contribution in [0.25, 0.3) is 0 Å². The predicted octanol–water partition coefficient (Wildman–Crippen LogP) is 14.9. The third kappa shape index (κ3) is 22.2. The number of rotatable bonds is 18. The minimum absolute atomic E-state index is 0.00910. The second-order valence-electron chi connectivity index (χ2n) is 27.9. The summed E-state index contributed by atoms with van der Waals surface area (Å²) in [6.07, 6.45) is -11.0. The average Bonchev–Trinajstić information content (AvgIpc) is 1.41. The van der Waals surface area contributed by atoms with Crippen LogP contribution in [0.15, 0.2) is 178 Å². The zero-order chi connectivity index (χ0) is 140. The Hall–Kier alpha value is -10.9. The molecule has 0 spiro atoms. The van der Waals surface area contributed by atoms with Crippen molar-refractivity contribution in [1.29, 1.82) is 0 Å². The highest BCUT2D eigenvalue weighted by molar-refractivity contribution is 6.16. The number of piperazine rings is 3. The Morgan fingerprint density at radius 2 is 0.789 bits per heavy atom. The second kappa shape index (κ2) is 39.8. The average molecular weight is 1740 g/mol. The summed E-state index contributed by atoms with van der Waals surface area (Å²) >= 11 is 0. The lowest BCUT2D eigenvalue weighted by molar-refractivity contribution is 0.0663. The molecule has 9 heterocycles. The van der Waals surface area contributed by atoms with Crippen molar-refractivity contribution in [3.63, 3.8) is 0 Å². The van der Waals surface area contributed by atoms with E-state index in [2.05, 4.69) is 30.9 Å². The number of amides is 3. The molecule has 123 heavy (non-hydrogen) atoms. The lowest BCUT2D eigenvalue weighted by Gasteiger charge is -2.34. The van der Waals surface area contributed by atoms with Gasteiger partial charge in [0.25, 0.3) is 17.7 Å². The number of amidine groups is 3. The van der Waals surface area contributed by atoms with E-state index in [0.29, 0.717) is 47.0 Å². The summed E-state index contributed by atoms with van der Waals surface area (Å²) in [7, 11) is 0. The molecule has 9 aromatic rings. The Morgan fingerprint density at radius 1 is 0.382 bits per heavy atom. The molecule has 6 fully saturated rings. The van der Waals surface area contributed by atoms with Crippen LogP contribution in [0.5, 0.6) is 0 Å². The minimum Gasteiger partial charge on any atom is -0.381 e. The van der Waals surface area contributed by atoms with Crippen LogP contribution >= 0.6 is 0 Å². The Morgan fingerprint density at radius 3 is 1.26 bits per heavy atom. The fourth-order valence-corrected chi connectivity index (χ4v) is 13.4. The van der Waals surface area contributed by atoms with E-state index in [9.17, 15) is 43.5 Å². The third-order valence-corrected chi connectivity index (χ3v) is 19.2. The van der Waals surface area contributed by atoms with Crippen LogP contribution in [0.1, 0.15) is 238 Å². The number of fused-ring (bicyclic) bond motifs is 3. The van der Waals surface area contributed by atoms with E-state index in [-0.39, 0.29) is 75.0 Å². The highest BCUT2D eigenvalue weighted by atomic mass is 19.2. The number of ether oxygens (including phenoxy) is 3. The van der Waals surface area contributed by atoms with Crippen LogP contribution in [-0.4, -0.2) is 188 Å². The van der Waals surface area contributed by atoms with Crippen molar-refractivity contribution in [3.8, 4) is 0 Å². The summed E-state index contributed by atoms with van der Waals surface area (Å²) in [5.74, 6) is -15.4. The number of benzene rings is 9. The molecule has 0 aromatic heterocycles. The van der Waals surface area contributed by atoms with Crippen LogP contribution < -0.4 is 30.7 Å². The lowest BCUT2D eigenvalue weighted by atomic mass is 9.89. The van der Waals surface area contributed by atoms with Crippen molar-refractivity contribution in [1.82, 2.24) is 30.7 Å². The molecular formula is C99H108F6N12O6.